The molecule has 0 saturated carbocycles. The Morgan fingerprint density at radius 3 is 2.25 bits per heavy atom. The standard InChI is InChI=1S/C24H21N3O4S/c1-29-19-9-6-10-20(30-2)22(19)23(28)25-17-11-13-18(14-12-17)32-15-21-26-27-24(31-21)16-7-4-3-5-8-16/h3-14H,15H2,1-2H3,(H,25,28). The SMILES string of the molecule is COc1cccc(OC)c1C(=O)Nc1ccc(SCc2nnc(-c3ccccc3)o2)cc1. The van der Waals surface area contributed by atoms with Gasteiger partial charge in [-0.25, -0.2) is 0 Å². The van der Waals surface area contributed by atoms with Crippen LogP contribution in [0.3, 0.4) is 0 Å². The van der Waals surface area contributed by atoms with Crippen molar-refractivity contribution < 1.29 is 18.7 Å². The lowest BCUT2D eigenvalue weighted by atomic mass is 10.1. The number of benzene rings is 3. The number of thioether (sulfide) groups is 1. The molecule has 8 heteroatoms. The maximum absolute atomic E-state index is 12.8. The van der Waals surface area contributed by atoms with E-state index in [0.29, 0.717) is 40.3 Å². The minimum absolute atomic E-state index is 0.306. The van der Waals surface area contributed by atoms with Crippen LogP contribution >= 0.6 is 11.8 Å². The van der Waals surface area contributed by atoms with E-state index in [1.807, 2.05) is 54.6 Å². The molecule has 1 amide bonds. The normalized spacial score (nSPS) is 10.6. The number of aromatic nitrogens is 2. The lowest BCUT2D eigenvalue weighted by Gasteiger charge is -2.13. The van der Waals surface area contributed by atoms with Gasteiger partial charge in [-0.15, -0.1) is 22.0 Å². The summed E-state index contributed by atoms with van der Waals surface area (Å²) < 4.78 is 16.3. The van der Waals surface area contributed by atoms with Crippen LogP contribution in [0.15, 0.2) is 82.1 Å². The number of ether oxygens (including phenoxy) is 2. The van der Waals surface area contributed by atoms with Crippen LogP contribution in [0.25, 0.3) is 11.5 Å². The molecule has 0 atom stereocenters. The average molecular weight is 448 g/mol. The Labute approximate surface area is 189 Å². The molecule has 4 rings (SSSR count). The van der Waals surface area contributed by atoms with Crippen LogP contribution in [-0.4, -0.2) is 30.3 Å². The number of hydrogen-bond donors (Lipinski definition) is 1. The maximum atomic E-state index is 12.8. The molecule has 0 aliphatic carbocycles. The average Bonchev–Trinajstić information content (AvgIpc) is 3.32. The van der Waals surface area contributed by atoms with Crippen LogP contribution in [-0.2, 0) is 5.75 Å². The zero-order chi connectivity index (χ0) is 22.3. The second-order valence-electron chi connectivity index (χ2n) is 6.67. The quantitative estimate of drug-likeness (QED) is 0.367. The lowest BCUT2D eigenvalue weighted by molar-refractivity contribution is 0.102. The summed E-state index contributed by atoms with van der Waals surface area (Å²) in [7, 11) is 3.04. The van der Waals surface area contributed by atoms with Gasteiger partial charge >= 0.3 is 0 Å². The number of nitrogens with one attached hydrogen (secondary N) is 1. The second kappa shape index (κ2) is 10.0. The molecule has 0 radical (unpaired) electrons. The van der Waals surface area contributed by atoms with E-state index in [0.717, 1.165) is 10.5 Å². The van der Waals surface area contributed by atoms with Crippen LogP contribution in [0.1, 0.15) is 16.2 Å². The number of methoxy groups -OCH3 is 2. The van der Waals surface area contributed by atoms with E-state index in [2.05, 4.69) is 15.5 Å². The molecule has 0 saturated heterocycles. The fourth-order valence-electron chi connectivity index (χ4n) is 3.06. The Morgan fingerprint density at radius 1 is 0.906 bits per heavy atom. The molecular weight excluding hydrogens is 426 g/mol. The van der Waals surface area contributed by atoms with Crippen molar-refractivity contribution in [3.05, 3.63) is 84.3 Å². The molecule has 0 aliphatic rings. The predicted molar refractivity (Wildman–Crippen MR) is 123 cm³/mol. The number of amides is 1. The molecular formula is C24H21N3O4S. The molecule has 7 nitrogen and oxygen atoms in total. The minimum atomic E-state index is -0.306. The Morgan fingerprint density at radius 2 is 1.59 bits per heavy atom. The highest BCUT2D eigenvalue weighted by atomic mass is 32.2. The van der Waals surface area contributed by atoms with Crippen LogP contribution in [0, 0.1) is 0 Å². The first-order valence-electron chi connectivity index (χ1n) is 9.81. The third-order valence-electron chi connectivity index (χ3n) is 4.62. The molecule has 0 fully saturated rings. The van der Waals surface area contributed by atoms with Crippen molar-refractivity contribution in [1.82, 2.24) is 10.2 Å². The second-order valence-corrected chi connectivity index (χ2v) is 7.72. The van der Waals surface area contributed by atoms with E-state index in [4.69, 9.17) is 13.9 Å². The van der Waals surface area contributed by atoms with Crippen molar-refractivity contribution in [2.75, 3.05) is 19.5 Å². The topological polar surface area (TPSA) is 86.5 Å². The van der Waals surface area contributed by atoms with Crippen molar-refractivity contribution in [1.29, 1.82) is 0 Å². The maximum Gasteiger partial charge on any atom is 0.263 e. The van der Waals surface area contributed by atoms with Gasteiger partial charge in [-0.2, -0.15) is 0 Å². The molecule has 0 bridgehead atoms. The number of rotatable bonds is 8. The van der Waals surface area contributed by atoms with Gasteiger partial charge in [-0.3, -0.25) is 4.79 Å². The number of hydrogen-bond acceptors (Lipinski definition) is 7. The zero-order valence-electron chi connectivity index (χ0n) is 17.6. The summed E-state index contributed by atoms with van der Waals surface area (Å²) in [5.74, 6) is 2.19. The first-order chi connectivity index (χ1) is 15.7. The fourth-order valence-corrected chi connectivity index (χ4v) is 3.79. The van der Waals surface area contributed by atoms with Crippen molar-refractivity contribution in [3.8, 4) is 23.0 Å². The number of carbonyl (C=O) groups is 1. The summed E-state index contributed by atoms with van der Waals surface area (Å²) >= 11 is 1.57. The van der Waals surface area contributed by atoms with Crippen LogP contribution in [0.5, 0.6) is 11.5 Å². The van der Waals surface area contributed by atoms with Gasteiger partial charge < -0.3 is 19.2 Å². The third kappa shape index (κ3) is 4.92. The molecule has 1 aromatic heterocycles. The predicted octanol–water partition coefficient (Wildman–Crippen LogP) is 5.30. The summed E-state index contributed by atoms with van der Waals surface area (Å²) in [5.41, 5.74) is 1.90. The van der Waals surface area contributed by atoms with Gasteiger partial charge in [-0.05, 0) is 48.5 Å². The molecule has 0 aliphatic heterocycles. The van der Waals surface area contributed by atoms with E-state index in [1.54, 1.807) is 30.0 Å². The molecule has 0 spiro atoms. The Hall–Kier alpha value is -3.78. The first kappa shape index (κ1) is 21.5. The number of carbonyl (C=O) groups excluding carboxylic acids is 1. The summed E-state index contributed by atoms with van der Waals surface area (Å²) in [6.45, 7) is 0. The highest BCUT2D eigenvalue weighted by molar-refractivity contribution is 7.98. The summed E-state index contributed by atoms with van der Waals surface area (Å²) in [6.07, 6.45) is 0. The largest absolute Gasteiger partial charge is 0.496 e. The van der Waals surface area contributed by atoms with Crippen molar-refractivity contribution in [3.63, 3.8) is 0 Å². The van der Waals surface area contributed by atoms with Gasteiger partial charge in [0.05, 0.1) is 20.0 Å². The van der Waals surface area contributed by atoms with Crippen molar-refractivity contribution in [2.24, 2.45) is 0 Å². The van der Waals surface area contributed by atoms with E-state index >= 15 is 0 Å². The Balaban J connectivity index is 1.38. The smallest absolute Gasteiger partial charge is 0.263 e. The third-order valence-corrected chi connectivity index (χ3v) is 5.61. The van der Waals surface area contributed by atoms with Gasteiger partial charge in [0, 0.05) is 16.1 Å². The summed E-state index contributed by atoms with van der Waals surface area (Å²) in [6, 6.07) is 22.4. The van der Waals surface area contributed by atoms with Gasteiger partial charge in [0.15, 0.2) is 0 Å². The van der Waals surface area contributed by atoms with Crippen LogP contribution in [0.4, 0.5) is 5.69 Å². The first-order valence-corrected chi connectivity index (χ1v) is 10.8. The molecule has 4 aromatic rings. The Kier molecular flexibility index (Phi) is 6.72. The monoisotopic (exact) mass is 447 g/mol. The van der Waals surface area contributed by atoms with Gasteiger partial charge in [0.25, 0.3) is 5.91 Å². The molecule has 1 N–H and O–H groups in total. The number of nitrogens with zero attached hydrogens (tertiary/aromatic N) is 2. The zero-order valence-corrected chi connectivity index (χ0v) is 18.4. The molecule has 162 valence electrons. The molecule has 1 heterocycles. The summed E-state index contributed by atoms with van der Waals surface area (Å²) in [4.78, 5) is 13.8. The van der Waals surface area contributed by atoms with Crippen LogP contribution < -0.4 is 14.8 Å². The highest BCUT2D eigenvalue weighted by Crippen LogP contribution is 2.30. The highest BCUT2D eigenvalue weighted by Gasteiger charge is 2.18. The molecule has 0 unspecified atom stereocenters. The van der Waals surface area contributed by atoms with Crippen molar-refractivity contribution in [2.45, 2.75) is 10.6 Å². The van der Waals surface area contributed by atoms with Gasteiger partial charge in [-0.1, -0.05) is 24.3 Å². The van der Waals surface area contributed by atoms with E-state index < -0.39 is 0 Å². The molecule has 32 heavy (non-hydrogen) atoms. The van der Waals surface area contributed by atoms with Crippen LogP contribution in [0.2, 0.25) is 0 Å². The van der Waals surface area contributed by atoms with Gasteiger partial charge in [0.2, 0.25) is 11.8 Å². The Bertz CT molecular complexity index is 1170. The molecule has 3 aromatic carbocycles. The van der Waals surface area contributed by atoms with E-state index in [9.17, 15) is 4.79 Å². The van der Waals surface area contributed by atoms with Crippen molar-refractivity contribution >= 4 is 23.4 Å². The van der Waals surface area contributed by atoms with Gasteiger partial charge in [0.1, 0.15) is 17.1 Å². The summed E-state index contributed by atoms with van der Waals surface area (Å²) in [5, 5.41) is 11.1. The minimum Gasteiger partial charge on any atom is -0.496 e. The fraction of sp³-hybridized carbons (Fsp3) is 0.125. The van der Waals surface area contributed by atoms with E-state index in [1.165, 1.54) is 14.2 Å². The van der Waals surface area contributed by atoms with E-state index in [-0.39, 0.29) is 5.91 Å². The lowest BCUT2D eigenvalue weighted by Crippen LogP contribution is -2.14. The number of anilines is 1.